The highest BCUT2D eigenvalue weighted by molar-refractivity contribution is 5.77. The lowest BCUT2D eigenvalue weighted by molar-refractivity contribution is -0.134. The zero-order valence-corrected chi connectivity index (χ0v) is 13.9. The summed E-state index contributed by atoms with van der Waals surface area (Å²) in [6.07, 6.45) is 3.16. The van der Waals surface area contributed by atoms with Gasteiger partial charge in [-0.15, -0.1) is 0 Å². The minimum atomic E-state index is 0.184. The van der Waals surface area contributed by atoms with E-state index in [-0.39, 0.29) is 11.8 Å². The molecule has 128 valence electrons. The third-order valence-corrected chi connectivity index (χ3v) is 4.66. The Bertz CT molecular complexity index is 513. The number of amides is 1. The fourth-order valence-electron chi connectivity index (χ4n) is 3.22. The molecule has 23 heavy (non-hydrogen) atoms. The fourth-order valence-corrected chi connectivity index (χ4v) is 3.22. The number of rotatable bonds is 6. The van der Waals surface area contributed by atoms with Crippen LogP contribution in [0.15, 0.2) is 4.52 Å². The molecule has 0 aliphatic carbocycles. The number of likely N-dealkylation sites (tertiary alicyclic amines) is 1. The molecule has 2 fully saturated rings. The molecule has 7 nitrogen and oxygen atoms in total. The van der Waals surface area contributed by atoms with E-state index in [2.05, 4.69) is 15.0 Å². The van der Waals surface area contributed by atoms with Crippen molar-refractivity contribution >= 4 is 5.91 Å². The molecule has 1 aromatic rings. The summed E-state index contributed by atoms with van der Waals surface area (Å²) in [7, 11) is 0. The van der Waals surface area contributed by atoms with E-state index in [0.717, 1.165) is 64.5 Å². The zero-order valence-electron chi connectivity index (χ0n) is 13.9. The number of morpholine rings is 1. The average Bonchev–Trinajstić information content (AvgIpc) is 3.07. The monoisotopic (exact) mass is 322 g/mol. The first-order chi connectivity index (χ1) is 11.3. The summed E-state index contributed by atoms with van der Waals surface area (Å²) >= 11 is 0. The molecular formula is C16H26N4O3. The Balaban J connectivity index is 1.48. The number of aromatic nitrogens is 2. The van der Waals surface area contributed by atoms with Crippen LogP contribution in [-0.2, 0) is 16.0 Å². The Labute approximate surface area is 137 Å². The highest BCUT2D eigenvalue weighted by Gasteiger charge is 2.30. The van der Waals surface area contributed by atoms with Crippen LogP contribution >= 0.6 is 0 Å². The van der Waals surface area contributed by atoms with Gasteiger partial charge < -0.3 is 14.2 Å². The third kappa shape index (κ3) is 4.29. The van der Waals surface area contributed by atoms with Crippen LogP contribution in [0, 0.1) is 0 Å². The predicted molar refractivity (Wildman–Crippen MR) is 84.1 cm³/mol. The second-order valence-corrected chi connectivity index (χ2v) is 6.29. The number of carbonyl (C=O) groups excluding carboxylic acids is 1. The molecule has 0 unspecified atom stereocenters. The summed E-state index contributed by atoms with van der Waals surface area (Å²) in [5.41, 5.74) is 0. The van der Waals surface area contributed by atoms with Crippen LogP contribution in [0.4, 0.5) is 0 Å². The number of hydrogen-bond donors (Lipinski definition) is 0. The van der Waals surface area contributed by atoms with E-state index in [1.54, 1.807) is 0 Å². The molecule has 0 N–H and O–H groups in total. The molecule has 7 heteroatoms. The normalized spacial score (nSPS) is 23.4. The largest absolute Gasteiger partial charge is 0.379 e. The molecule has 1 atom stereocenters. The van der Waals surface area contributed by atoms with Crippen LogP contribution in [0.1, 0.15) is 43.8 Å². The van der Waals surface area contributed by atoms with Gasteiger partial charge in [-0.05, 0) is 12.8 Å². The molecule has 0 radical (unpaired) electrons. The van der Waals surface area contributed by atoms with Gasteiger partial charge in [0.25, 0.3) is 0 Å². The van der Waals surface area contributed by atoms with Gasteiger partial charge in [0.05, 0.1) is 19.1 Å². The SMILES string of the molecule is CCc1noc([C@@H]2CCC(=O)N(CCCN3CCOCC3)C2)n1. The van der Waals surface area contributed by atoms with E-state index in [4.69, 9.17) is 9.26 Å². The van der Waals surface area contributed by atoms with Crippen molar-refractivity contribution in [2.24, 2.45) is 0 Å². The second-order valence-electron chi connectivity index (χ2n) is 6.29. The average molecular weight is 322 g/mol. The Morgan fingerprint density at radius 2 is 2.09 bits per heavy atom. The van der Waals surface area contributed by atoms with Crippen molar-refractivity contribution in [1.82, 2.24) is 19.9 Å². The summed E-state index contributed by atoms with van der Waals surface area (Å²) < 4.78 is 10.7. The smallest absolute Gasteiger partial charge is 0.231 e. The second kappa shape index (κ2) is 7.88. The Morgan fingerprint density at radius 3 is 2.83 bits per heavy atom. The van der Waals surface area contributed by atoms with E-state index in [9.17, 15) is 4.79 Å². The van der Waals surface area contributed by atoms with E-state index < -0.39 is 0 Å². The van der Waals surface area contributed by atoms with Crippen LogP contribution in [0.5, 0.6) is 0 Å². The maximum absolute atomic E-state index is 12.1. The highest BCUT2D eigenvalue weighted by Crippen LogP contribution is 2.26. The first-order valence-electron chi connectivity index (χ1n) is 8.66. The lowest BCUT2D eigenvalue weighted by Crippen LogP contribution is -2.42. The van der Waals surface area contributed by atoms with E-state index in [1.165, 1.54) is 0 Å². The molecule has 3 heterocycles. The van der Waals surface area contributed by atoms with Crippen LogP contribution in [0.25, 0.3) is 0 Å². The van der Waals surface area contributed by atoms with E-state index >= 15 is 0 Å². The van der Waals surface area contributed by atoms with Crippen molar-refractivity contribution in [1.29, 1.82) is 0 Å². The molecule has 1 amide bonds. The summed E-state index contributed by atoms with van der Waals surface area (Å²) in [5.74, 6) is 1.87. The predicted octanol–water partition coefficient (Wildman–Crippen LogP) is 1.06. The van der Waals surface area contributed by atoms with Crippen molar-refractivity contribution < 1.29 is 14.1 Å². The quantitative estimate of drug-likeness (QED) is 0.780. The summed E-state index contributed by atoms with van der Waals surface area (Å²) in [6.45, 7) is 8.18. The lowest BCUT2D eigenvalue weighted by atomic mass is 9.97. The summed E-state index contributed by atoms with van der Waals surface area (Å²) in [6, 6.07) is 0. The highest BCUT2D eigenvalue weighted by atomic mass is 16.5. The third-order valence-electron chi connectivity index (χ3n) is 4.66. The van der Waals surface area contributed by atoms with Crippen LogP contribution in [0.2, 0.25) is 0 Å². The molecule has 3 rings (SSSR count). The summed E-state index contributed by atoms with van der Waals surface area (Å²) in [5, 5.41) is 3.97. The van der Waals surface area contributed by atoms with Crippen molar-refractivity contribution in [3.63, 3.8) is 0 Å². The number of ether oxygens (including phenoxy) is 1. The van der Waals surface area contributed by atoms with Crippen molar-refractivity contribution in [2.75, 3.05) is 45.9 Å². The van der Waals surface area contributed by atoms with Crippen molar-refractivity contribution in [2.45, 2.75) is 38.5 Å². The van der Waals surface area contributed by atoms with Crippen LogP contribution in [0.3, 0.4) is 0 Å². The number of aryl methyl sites for hydroxylation is 1. The number of nitrogens with zero attached hydrogens (tertiary/aromatic N) is 4. The van der Waals surface area contributed by atoms with Gasteiger partial charge in [0.1, 0.15) is 0 Å². The van der Waals surface area contributed by atoms with Gasteiger partial charge in [-0.1, -0.05) is 12.1 Å². The van der Waals surface area contributed by atoms with Crippen LogP contribution < -0.4 is 0 Å². The Kier molecular flexibility index (Phi) is 5.61. The van der Waals surface area contributed by atoms with Gasteiger partial charge in [-0.3, -0.25) is 9.69 Å². The van der Waals surface area contributed by atoms with E-state index in [0.29, 0.717) is 18.9 Å². The molecule has 2 saturated heterocycles. The molecule has 0 spiro atoms. The Morgan fingerprint density at radius 1 is 1.26 bits per heavy atom. The lowest BCUT2D eigenvalue weighted by Gasteiger charge is -2.32. The minimum Gasteiger partial charge on any atom is -0.379 e. The molecule has 0 aromatic carbocycles. The fraction of sp³-hybridized carbons (Fsp3) is 0.812. The standard InChI is InChI=1S/C16H26N4O3/c1-2-14-17-16(23-18-14)13-4-5-15(21)20(12-13)7-3-6-19-8-10-22-11-9-19/h13H,2-12H2,1H3/t13-/m1/s1. The summed E-state index contributed by atoms with van der Waals surface area (Å²) in [4.78, 5) is 20.9. The first kappa shape index (κ1) is 16.4. The molecule has 1 aromatic heterocycles. The molecule has 2 aliphatic heterocycles. The maximum atomic E-state index is 12.1. The zero-order chi connectivity index (χ0) is 16.1. The van der Waals surface area contributed by atoms with Crippen molar-refractivity contribution in [3.05, 3.63) is 11.7 Å². The van der Waals surface area contributed by atoms with Crippen LogP contribution in [-0.4, -0.2) is 71.8 Å². The number of piperidine rings is 1. The van der Waals surface area contributed by atoms with Gasteiger partial charge in [0.2, 0.25) is 11.8 Å². The van der Waals surface area contributed by atoms with Gasteiger partial charge in [-0.25, -0.2) is 0 Å². The van der Waals surface area contributed by atoms with Gasteiger partial charge in [0.15, 0.2) is 5.82 Å². The molecular weight excluding hydrogens is 296 g/mol. The molecule has 0 bridgehead atoms. The number of hydrogen-bond acceptors (Lipinski definition) is 6. The van der Waals surface area contributed by atoms with E-state index in [1.807, 2.05) is 11.8 Å². The molecule has 0 saturated carbocycles. The topological polar surface area (TPSA) is 71.7 Å². The Hall–Kier alpha value is -1.47. The first-order valence-corrected chi connectivity index (χ1v) is 8.66. The molecule has 2 aliphatic rings. The number of carbonyl (C=O) groups is 1. The minimum absolute atomic E-state index is 0.184. The van der Waals surface area contributed by atoms with Crippen molar-refractivity contribution in [3.8, 4) is 0 Å². The maximum Gasteiger partial charge on any atom is 0.231 e. The van der Waals surface area contributed by atoms with Gasteiger partial charge in [-0.2, -0.15) is 4.98 Å². The van der Waals surface area contributed by atoms with Gasteiger partial charge >= 0.3 is 0 Å². The van der Waals surface area contributed by atoms with Gasteiger partial charge in [0, 0.05) is 45.6 Å².